The number of unbranched alkanes of at least 4 members (excludes halogenated alkanes) is 26. The van der Waals surface area contributed by atoms with Gasteiger partial charge in [0.1, 0.15) is 13.2 Å². The molecular formula is C50H90O6. The minimum absolute atomic E-state index is 0.0739. The molecule has 0 bridgehead atoms. The maximum atomic E-state index is 12.7. The minimum Gasteiger partial charge on any atom is -0.462 e. The van der Waals surface area contributed by atoms with Crippen molar-refractivity contribution in [3.8, 4) is 0 Å². The monoisotopic (exact) mass is 787 g/mol. The van der Waals surface area contributed by atoms with Gasteiger partial charge in [0.25, 0.3) is 0 Å². The van der Waals surface area contributed by atoms with Crippen LogP contribution in [0.4, 0.5) is 0 Å². The lowest BCUT2D eigenvalue weighted by atomic mass is 10.0. The summed E-state index contributed by atoms with van der Waals surface area (Å²) in [5.74, 6) is -0.890. The molecule has 0 radical (unpaired) electrons. The second kappa shape index (κ2) is 45.3. The number of esters is 3. The zero-order valence-electron chi connectivity index (χ0n) is 37.2. The van der Waals surface area contributed by atoms with Gasteiger partial charge < -0.3 is 14.2 Å². The SMILES string of the molecule is CC/C=C\C/C=C\C/C=C\CCCCCCCCCC(=O)OCC(COC(=O)CCCCCCC)OC(=O)CCCCCCCCCCCCCCCCCC. The summed E-state index contributed by atoms with van der Waals surface area (Å²) in [4.78, 5) is 37.6. The summed E-state index contributed by atoms with van der Waals surface area (Å²) in [6.07, 6.45) is 51.6. The van der Waals surface area contributed by atoms with Crippen LogP contribution in [-0.2, 0) is 28.6 Å². The van der Waals surface area contributed by atoms with E-state index in [-0.39, 0.29) is 31.1 Å². The molecule has 0 N–H and O–H groups in total. The van der Waals surface area contributed by atoms with Crippen molar-refractivity contribution in [1.82, 2.24) is 0 Å². The van der Waals surface area contributed by atoms with Gasteiger partial charge in [0, 0.05) is 19.3 Å². The highest BCUT2D eigenvalue weighted by molar-refractivity contribution is 5.71. The molecule has 0 rings (SSSR count). The third-order valence-corrected chi connectivity index (χ3v) is 10.4. The number of carbonyl (C=O) groups excluding carboxylic acids is 3. The molecule has 0 aromatic carbocycles. The smallest absolute Gasteiger partial charge is 0.306 e. The number of ether oxygens (including phenoxy) is 3. The van der Waals surface area contributed by atoms with Gasteiger partial charge in [0.05, 0.1) is 0 Å². The fourth-order valence-electron chi connectivity index (χ4n) is 6.81. The van der Waals surface area contributed by atoms with Crippen LogP contribution in [0.2, 0.25) is 0 Å². The van der Waals surface area contributed by atoms with Gasteiger partial charge in [-0.05, 0) is 51.4 Å². The van der Waals surface area contributed by atoms with E-state index in [9.17, 15) is 14.4 Å². The fourth-order valence-corrected chi connectivity index (χ4v) is 6.81. The molecule has 6 heteroatoms. The lowest BCUT2D eigenvalue weighted by Gasteiger charge is -2.18. The standard InChI is InChI=1S/C50H90O6/c1-4-7-10-13-15-17-19-21-23-25-27-28-30-32-34-37-40-43-49(52)55-46-47(45-54-48(51)42-39-36-12-9-6-3)56-50(53)44-41-38-35-33-31-29-26-24-22-20-18-16-14-11-8-5-2/h7,10,15,17,21,23,47H,4-6,8-9,11-14,16,18-20,22,24-46H2,1-3H3/b10-7-,17-15-,23-21-. The Morgan fingerprint density at radius 1 is 0.375 bits per heavy atom. The van der Waals surface area contributed by atoms with Crippen LogP contribution in [0.25, 0.3) is 0 Å². The number of carbonyl (C=O) groups is 3. The van der Waals surface area contributed by atoms with Crippen molar-refractivity contribution in [3.63, 3.8) is 0 Å². The Morgan fingerprint density at radius 3 is 1.09 bits per heavy atom. The first-order valence-electron chi connectivity index (χ1n) is 24.0. The van der Waals surface area contributed by atoms with Crippen molar-refractivity contribution >= 4 is 17.9 Å². The quantitative estimate of drug-likeness (QED) is 0.0265. The highest BCUT2D eigenvalue weighted by Gasteiger charge is 2.19. The number of hydrogen-bond donors (Lipinski definition) is 0. The molecule has 0 heterocycles. The average Bonchev–Trinajstić information content (AvgIpc) is 3.19. The molecule has 0 aromatic heterocycles. The minimum atomic E-state index is -0.768. The van der Waals surface area contributed by atoms with Crippen molar-refractivity contribution in [2.45, 2.75) is 252 Å². The van der Waals surface area contributed by atoms with E-state index >= 15 is 0 Å². The van der Waals surface area contributed by atoms with Crippen molar-refractivity contribution < 1.29 is 28.6 Å². The van der Waals surface area contributed by atoms with Gasteiger partial charge in [-0.3, -0.25) is 14.4 Å². The first-order valence-corrected chi connectivity index (χ1v) is 24.0. The highest BCUT2D eigenvalue weighted by atomic mass is 16.6. The first-order chi connectivity index (χ1) is 27.5. The lowest BCUT2D eigenvalue weighted by Crippen LogP contribution is -2.30. The van der Waals surface area contributed by atoms with Crippen LogP contribution in [-0.4, -0.2) is 37.2 Å². The second-order valence-electron chi connectivity index (χ2n) is 16.0. The summed E-state index contributed by atoms with van der Waals surface area (Å²) in [5.41, 5.74) is 0. The van der Waals surface area contributed by atoms with Crippen molar-refractivity contribution in [3.05, 3.63) is 36.5 Å². The van der Waals surface area contributed by atoms with Crippen molar-refractivity contribution in [2.75, 3.05) is 13.2 Å². The van der Waals surface area contributed by atoms with Crippen LogP contribution in [0.5, 0.6) is 0 Å². The Morgan fingerprint density at radius 2 is 0.696 bits per heavy atom. The molecule has 0 saturated carbocycles. The third-order valence-electron chi connectivity index (χ3n) is 10.4. The number of rotatable bonds is 43. The zero-order chi connectivity index (χ0) is 40.8. The van der Waals surface area contributed by atoms with Crippen LogP contribution in [0, 0.1) is 0 Å². The number of hydrogen-bond acceptors (Lipinski definition) is 6. The normalized spacial score (nSPS) is 12.3. The summed E-state index contributed by atoms with van der Waals surface area (Å²) in [7, 11) is 0. The van der Waals surface area contributed by atoms with Gasteiger partial charge in [-0.15, -0.1) is 0 Å². The van der Waals surface area contributed by atoms with Gasteiger partial charge in [0.2, 0.25) is 0 Å². The summed E-state index contributed by atoms with van der Waals surface area (Å²) in [5, 5.41) is 0. The molecule has 0 aliphatic rings. The van der Waals surface area contributed by atoms with Crippen LogP contribution < -0.4 is 0 Å². The van der Waals surface area contributed by atoms with E-state index in [4.69, 9.17) is 14.2 Å². The fraction of sp³-hybridized carbons (Fsp3) is 0.820. The molecule has 1 atom stereocenters. The summed E-state index contributed by atoms with van der Waals surface area (Å²) in [6, 6.07) is 0. The Labute approximate surface area is 346 Å². The predicted molar refractivity (Wildman–Crippen MR) is 238 cm³/mol. The Hall–Kier alpha value is -2.37. The second-order valence-corrected chi connectivity index (χ2v) is 16.0. The van der Waals surface area contributed by atoms with Gasteiger partial charge >= 0.3 is 17.9 Å². The van der Waals surface area contributed by atoms with Gasteiger partial charge in [-0.25, -0.2) is 0 Å². The van der Waals surface area contributed by atoms with Gasteiger partial charge in [-0.1, -0.05) is 211 Å². The molecule has 6 nitrogen and oxygen atoms in total. The van der Waals surface area contributed by atoms with E-state index in [0.717, 1.165) is 89.9 Å². The molecule has 0 aliphatic carbocycles. The van der Waals surface area contributed by atoms with E-state index < -0.39 is 6.10 Å². The van der Waals surface area contributed by atoms with Crippen LogP contribution in [0.15, 0.2) is 36.5 Å². The predicted octanol–water partition coefficient (Wildman–Crippen LogP) is 15.4. The average molecular weight is 787 g/mol. The van der Waals surface area contributed by atoms with Crippen molar-refractivity contribution in [1.29, 1.82) is 0 Å². The summed E-state index contributed by atoms with van der Waals surface area (Å²) >= 11 is 0. The van der Waals surface area contributed by atoms with Crippen LogP contribution >= 0.6 is 0 Å². The number of allylic oxidation sites excluding steroid dienone is 6. The Bertz CT molecular complexity index is 953. The van der Waals surface area contributed by atoms with E-state index in [2.05, 4.69) is 57.2 Å². The van der Waals surface area contributed by atoms with Crippen LogP contribution in [0.3, 0.4) is 0 Å². The summed E-state index contributed by atoms with van der Waals surface area (Å²) in [6.45, 7) is 6.45. The van der Waals surface area contributed by atoms with E-state index in [1.54, 1.807) is 0 Å². The molecule has 0 saturated heterocycles. The molecule has 326 valence electrons. The molecule has 0 aliphatic heterocycles. The molecule has 0 fully saturated rings. The first kappa shape index (κ1) is 53.6. The Kier molecular flexibility index (Phi) is 43.4. The van der Waals surface area contributed by atoms with E-state index in [1.807, 2.05) is 0 Å². The highest BCUT2D eigenvalue weighted by Crippen LogP contribution is 2.15. The third kappa shape index (κ3) is 42.8. The maximum Gasteiger partial charge on any atom is 0.306 e. The Balaban J connectivity index is 4.18. The molecule has 0 amide bonds. The van der Waals surface area contributed by atoms with E-state index in [0.29, 0.717) is 19.3 Å². The summed E-state index contributed by atoms with van der Waals surface area (Å²) < 4.78 is 16.6. The lowest BCUT2D eigenvalue weighted by molar-refractivity contribution is -0.167. The maximum absolute atomic E-state index is 12.7. The zero-order valence-corrected chi connectivity index (χ0v) is 37.2. The molecule has 1 unspecified atom stereocenters. The molecule has 0 spiro atoms. The topological polar surface area (TPSA) is 78.9 Å². The van der Waals surface area contributed by atoms with Crippen molar-refractivity contribution in [2.24, 2.45) is 0 Å². The van der Waals surface area contributed by atoms with Crippen LogP contribution in [0.1, 0.15) is 245 Å². The van der Waals surface area contributed by atoms with Gasteiger partial charge in [-0.2, -0.15) is 0 Å². The molecule has 0 aromatic rings. The largest absolute Gasteiger partial charge is 0.462 e. The molecular weight excluding hydrogens is 697 g/mol. The molecule has 56 heavy (non-hydrogen) atoms. The van der Waals surface area contributed by atoms with E-state index in [1.165, 1.54) is 116 Å². The van der Waals surface area contributed by atoms with Gasteiger partial charge in [0.15, 0.2) is 6.10 Å².